The highest BCUT2D eigenvalue weighted by molar-refractivity contribution is 7.13. The summed E-state index contributed by atoms with van der Waals surface area (Å²) in [4.78, 5) is 30.8. The fourth-order valence-corrected chi connectivity index (χ4v) is 4.11. The molecule has 2 aromatic carbocycles. The molecule has 1 aromatic heterocycles. The maximum atomic E-state index is 12.6. The Kier molecular flexibility index (Phi) is 5.51. The van der Waals surface area contributed by atoms with Gasteiger partial charge in [-0.05, 0) is 30.7 Å². The number of nitrogens with one attached hydrogen (secondary N) is 1. The largest absolute Gasteiger partial charge is 0.494 e. The molecular formula is C21H18ClN3O3S. The molecule has 0 aliphatic carbocycles. The van der Waals surface area contributed by atoms with Crippen molar-refractivity contribution in [2.45, 2.75) is 12.8 Å². The summed E-state index contributed by atoms with van der Waals surface area (Å²) in [5.41, 5.74) is 2.52. The van der Waals surface area contributed by atoms with Gasteiger partial charge in [0.2, 0.25) is 5.91 Å². The summed E-state index contributed by atoms with van der Waals surface area (Å²) in [5, 5.41) is 5.94. The van der Waals surface area contributed by atoms with Gasteiger partial charge in [0.15, 0.2) is 0 Å². The number of halogens is 1. The number of amides is 2. The lowest BCUT2D eigenvalue weighted by molar-refractivity contribution is -0.117. The molecule has 2 amide bonds. The highest BCUT2D eigenvalue weighted by atomic mass is 35.5. The summed E-state index contributed by atoms with van der Waals surface area (Å²) in [5.74, 6) is 0.309. The lowest BCUT2D eigenvalue weighted by atomic mass is 10.2. The molecule has 1 fully saturated rings. The Hall–Kier alpha value is -2.90. The number of methoxy groups -OCH3 is 1. The van der Waals surface area contributed by atoms with E-state index in [1.165, 1.54) is 11.3 Å². The van der Waals surface area contributed by atoms with E-state index < -0.39 is 0 Å². The van der Waals surface area contributed by atoms with Gasteiger partial charge in [-0.25, -0.2) is 4.98 Å². The first-order valence-electron chi connectivity index (χ1n) is 9.06. The molecule has 0 saturated carbocycles. The van der Waals surface area contributed by atoms with Crippen LogP contribution in [0.15, 0.2) is 47.8 Å². The lowest BCUT2D eigenvalue weighted by Crippen LogP contribution is -2.24. The molecule has 8 heteroatoms. The predicted molar refractivity (Wildman–Crippen MR) is 115 cm³/mol. The van der Waals surface area contributed by atoms with Crippen molar-refractivity contribution in [3.8, 4) is 16.3 Å². The maximum Gasteiger partial charge on any atom is 0.275 e. The van der Waals surface area contributed by atoms with Gasteiger partial charge in [-0.2, -0.15) is 0 Å². The van der Waals surface area contributed by atoms with Crippen molar-refractivity contribution in [3.05, 3.63) is 58.6 Å². The molecule has 0 bridgehead atoms. The summed E-state index contributed by atoms with van der Waals surface area (Å²) < 4.78 is 5.44. The zero-order valence-electron chi connectivity index (χ0n) is 15.6. The van der Waals surface area contributed by atoms with Crippen molar-refractivity contribution in [1.29, 1.82) is 0 Å². The lowest BCUT2D eigenvalue weighted by Gasteiger charge is -2.19. The average Bonchev–Trinajstić information content (AvgIpc) is 3.38. The summed E-state index contributed by atoms with van der Waals surface area (Å²) in [7, 11) is 1.55. The minimum absolute atomic E-state index is 0.0808. The minimum atomic E-state index is -0.312. The summed E-state index contributed by atoms with van der Waals surface area (Å²) in [6.45, 7) is 0.674. The van der Waals surface area contributed by atoms with Crippen molar-refractivity contribution in [2.75, 3.05) is 23.9 Å². The quantitative estimate of drug-likeness (QED) is 0.631. The molecule has 1 N–H and O–H groups in total. The normalized spacial score (nSPS) is 13.6. The molecule has 0 radical (unpaired) electrons. The zero-order valence-corrected chi connectivity index (χ0v) is 17.2. The van der Waals surface area contributed by atoms with Crippen LogP contribution in [-0.2, 0) is 4.79 Å². The van der Waals surface area contributed by atoms with Gasteiger partial charge >= 0.3 is 0 Å². The van der Waals surface area contributed by atoms with Gasteiger partial charge in [0.1, 0.15) is 16.5 Å². The van der Waals surface area contributed by atoms with Gasteiger partial charge in [-0.3, -0.25) is 9.59 Å². The molecule has 4 rings (SSSR count). The second-order valence-electron chi connectivity index (χ2n) is 6.53. The smallest absolute Gasteiger partial charge is 0.275 e. The van der Waals surface area contributed by atoms with Crippen LogP contribution in [0.3, 0.4) is 0 Å². The number of nitrogens with zero attached hydrogens (tertiary/aromatic N) is 2. The number of benzene rings is 2. The van der Waals surface area contributed by atoms with Gasteiger partial charge in [-0.15, -0.1) is 11.3 Å². The third-order valence-corrected chi connectivity index (χ3v) is 5.77. The number of anilines is 2. The molecule has 3 aromatic rings. The Balaban J connectivity index is 1.51. The second kappa shape index (κ2) is 8.23. The van der Waals surface area contributed by atoms with Crippen molar-refractivity contribution < 1.29 is 14.3 Å². The van der Waals surface area contributed by atoms with E-state index in [1.807, 2.05) is 12.1 Å². The van der Waals surface area contributed by atoms with Crippen molar-refractivity contribution in [2.24, 2.45) is 0 Å². The summed E-state index contributed by atoms with van der Waals surface area (Å²) in [6, 6.07) is 12.6. The summed E-state index contributed by atoms with van der Waals surface area (Å²) >= 11 is 7.31. The average molecular weight is 428 g/mol. The number of carbonyl (C=O) groups excluding carboxylic acids is 2. The Bertz CT molecular complexity index is 1070. The zero-order chi connectivity index (χ0) is 20.4. The van der Waals surface area contributed by atoms with Crippen LogP contribution in [0.2, 0.25) is 5.02 Å². The number of aromatic nitrogens is 1. The third-order valence-electron chi connectivity index (χ3n) is 4.63. The monoisotopic (exact) mass is 427 g/mol. The van der Waals surface area contributed by atoms with E-state index in [4.69, 9.17) is 16.3 Å². The van der Waals surface area contributed by atoms with E-state index in [9.17, 15) is 9.59 Å². The minimum Gasteiger partial charge on any atom is -0.494 e. The van der Waals surface area contributed by atoms with E-state index in [0.29, 0.717) is 40.8 Å². The van der Waals surface area contributed by atoms with Crippen LogP contribution >= 0.6 is 22.9 Å². The van der Waals surface area contributed by atoms with Gasteiger partial charge < -0.3 is 15.0 Å². The Morgan fingerprint density at radius 1 is 1.24 bits per heavy atom. The van der Waals surface area contributed by atoms with Crippen LogP contribution in [0.5, 0.6) is 5.75 Å². The standard InChI is InChI=1S/C21H18ClN3O3S/c1-28-18-11-15(8-9-17(18)25-10-2-3-19(25)26)23-20(27)16-12-29-21(24-16)13-4-6-14(22)7-5-13/h4-9,11-12H,2-3,10H2,1H3,(H,23,27). The molecule has 1 saturated heterocycles. The van der Waals surface area contributed by atoms with E-state index in [0.717, 1.165) is 17.0 Å². The van der Waals surface area contributed by atoms with E-state index in [1.54, 1.807) is 47.7 Å². The van der Waals surface area contributed by atoms with E-state index in [-0.39, 0.29) is 11.8 Å². The molecule has 2 heterocycles. The maximum absolute atomic E-state index is 12.6. The molecule has 0 spiro atoms. The number of ether oxygens (including phenoxy) is 1. The molecule has 0 atom stereocenters. The van der Waals surface area contributed by atoms with Gasteiger partial charge in [0.25, 0.3) is 5.91 Å². The van der Waals surface area contributed by atoms with Gasteiger partial charge in [0.05, 0.1) is 12.8 Å². The predicted octanol–water partition coefficient (Wildman–Crippen LogP) is 4.85. The first kappa shape index (κ1) is 19.4. The van der Waals surface area contributed by atoms with Crippen molar-refractivity contribution >= 4 is 46.1 Å². The Morgan fingerprint density at radius 3 is 2.72 bits per heavy atom. The Labute approximate surface area is 177 Å². The van der Waals surface area contributed by atoms with Crippen molar-refractivity contribution in [1.82, 2.24) is 4.98 Å². The topological polar surface area (TPSA) is 71.5 Å². The molecular weight excluding hydrogens is 410 g/mol. The van der Waals surface area contributed by atoms with Crippen molar-refractivity contribution in [3.63, 3.8) is 0 Å². The van der Waals surface area contributed by atoms with Crippen LogP contribution < -0.4 is 15.0 Å². The molecule has 6 nitrogen and oxygen atoms in total. The SMILES string of the molecule is COc1cc(NC(=O)c2csc(-c3ccc(Cl)cc3)n2)ccc1N1CCCC1=O. The number of thiazole rings is 1. The van der Waals surface area contributed by atoms with Gasteiger partial charge in [-0.1, -0.05) is 23.7 Å². The van der Waals surface area contributed by atoms with Crippen LogP contribution in [0.1, 0.15) is 23.3 Å². The molecule has 1 aliphatic heterocycles. The first-order chi connectivity index (χ1) is 14.0. The van der Waals surface area contributed by atoms with Crippen LogP contribution in [0.25, 0.3) is 10.6 Å². The van der Waals surface area contributed by atoms with Crippen LogP contribution in [0, 0.1) is 0 Å². The number of carbonyl (C=O) groups is 2. The molecule has 0 unspecified atom stereocenters. The number of rotatable bonds is 5. The fourth-order valence-electron chi connectivity index (χ4n) is 3.18. The van der Waals surface area contributed by atoms with E-state index >= 15 is 0 Å². The highest BCUT2D eigenvalue weighted by Gasteiger charge is 2.24. The highest BCUT2D eigenvalue weighted by Crippen LogP contribution is 2.34. The molecule has 148 valence electrons. The first-order valence-corrected chi connectivity index (χ1v) is 10.3. The number of hydrogen-bond acceptors (Lipinski definition) is 5. The number of hydrogen-bond donors (Lipinski definition) is 1. The second-order valence-corrected chi connectivity index (χ2v) is 7.83. The Morgan fingerprint density at radius 2 is 2.03 bits per heavy atom. The third kappa shape index (κ3) is 4.11. The van der Waals surface area contributed by atoms with Crippen LogP contribution in [-0.4, -0.2) is 30.5 Å². The van der Waals surface area contributed by atoms with Gasteiger partial charge in [0, 0.05) is 40.7 Å². The molecule has 1 aliphatic rings. The summed E-state index contributed by atoms with van der Waals surface area (Å²) in [6.07, 6.45) is 1.38. The van der Waals surface area contributed by atoms with E-state index in [2.05, 4.69) is 10.3 Å². The fraction of sp³-hybridized carbons (Fsp3) is 0.190. The van der Waals surface area contributed by atoms with Crippen LogP contribution in [0.4, 0.5) is 11.4 Å². The molecule has 29 heavy (non-hydrogen) atoms.